The third-order valence-electron chi connectivity index (χ3n) is 4.50. The minimum atomic E-state index is -0.547. The van der Waals surface area contributed by atoms with E-state index in [4.69, 9.17) is 5.73 Å². The molecule has 0 aromatic heterocycles. The maximum Gasteiger partial charge on any atom is 0.244 e. The van der Waals surface area contributed by atoms with Crippen LogP contribution < -0.4 is 5.73 Å². The van der Waals surface area contributed by atoms with Gasteiger partial charge in [-0.05, 0) is 29.9 Å². The number of rotatable bonds is 3. The molecule has 0 aliphatic carbocycles. The van der Waals surface area contributed by atoms with E-state index in [-0.39, 0.29) is 18.3 Å². The van der Waals surface area contributed by atoms with Crippen molar-refractivity contribution in [3.63, 3.8) is 0 Å². The Balaban J connectivity index is 0.00000192. The zero-order valence-electron chi connectivity index (χ0n) is 13.1. The lowest BCUT2D eigenvalue weighted by Gasteiger charge is -2.33. The highest BCUT2D eigenvalue weighted by atomic mass is 35.5. The Morgan fingerprint density at radius 3 is 2.04 bits per heavy atom. The molecule has 3 nitrogen and oxygen atoms in total. The summed E-state index contributed by atoms with van der Waals surface area (Å²) in [5.74, 6) is 0.593. The fourth-order valence-electron chi connectivity index (χ4n) is 3.16. The molecule has 1 aliphatic heterocycles. The van der Waals surface area contributed by atoms with Gasteiger partial charge in [0.2, 0.25) is 5.91 Å². The number of nitrogens with zero attached hydrogens (tertiary/aromatic N) is 1. The van der Waals surface area contributed by atoms with Gasteiger partial charge >= 0.3 is 0 Å². The number of amides is 1. The van der Waals surface area contributed by atoms with Crippen molar-refractivity contribution in [2.24, 2.45) is 5.73 Å². The van der Waals surface area contributed by atoms with E-state index in [1.807, 2.05) is 41.3 Å². The third kappa shape index (κ3) is 4.12. The topological polar surface area (TPSA) is 46.3 Å². The molecule has 4 heteroatoms. The monoisotopic (exact) mass is 330 g/mol. The molecule has 0 radical (unpaired) electrons. The SMILES string of the molecule is Cl.NC(C(=O)N1CCC(c2ccccc2)CC1)c1ccccc1. The maximum atomic E-state index is 12.5. The summed E-state index contributed by atoms with van der Waals surface area (Å²) < 4.78 is 0. The number of carbonyl (C=O) groups is 1. The molecule has 2 aromatic carbocycles. The van der Waals surface area contributed by atoms with Crippen LogP contribution in [0.1, 0.15) is 35.9 Å². The molecule has 0 spiro atoms. The van der Waals surface area contributed by atoms with Crippen molar-refractivity contribution in [2.75, 3.05) is 13.1 Å². The van der Waals surface area contributed by atoms with Gasteiger partial charge in [-0.25, -0.2) is 0 Å². The molecule has 0 bridgehead atoms. The molecule has 3 rings (SSSR count). The first-order valence-corrected chi connectivity index (χ1v) is 7.90. The molecular formula is C19H23ClN2O. The first-order valence-electron chi connectivity index (χ1n) is 7.90. The Kier molecular flexibility index (Phi) is 6.20. The average Bonchev–Trinajstić information content (AvgIpc) is 2.62. The fourth-order valence-corrected chi connectivity index (χ4v) is 3.16. The van der Waals surface area contributed by atoms with Crippen molar-refractivity contribution in [1.29, 1.82) is 0 Å². The molecule has 0 saturated carbocycles. The first kappa shape index (κ1) is 17.5. The van der Waals surface area contributed by atoms with Crippen LogP contribution in [0, 0.1) is 0 Å². The van der Waals surface area contributed by atoms with Crippen LogP contribution in [0.4, 0.5) is 0 Å². The second kappa shape index (κ2) is 8.14. The highest BCUT2D eigenvalue weighted by Crippen LogP contribution is 2.28. The number of benzene rings is 2. The Morgan fingerprint density at radius 2 is 1.48 bits per heavy atom. The van der Waals surface area contributed by atoms with Crippen molar-refractivity contribution in [2.45, 2.75) is 24.8 Å². The lowest BCUT2D eigenvalue weighted by atomic mass is 9.89. The Bertz CT molecular complexity index is 610. The summed E-state index contributed by atoms with van der Waals surface area (Å²) in [4.78, 5) is 14.5. The van der Waals surface area contributed by atoms with Crippen LogP contribution in [0.15, 0.2) is 60.7 Å². The molecule has 23 heavy (non-hydrogen) atoms. The minimum absolute atomic E-state index is 0. The molecule has 122 valence electrons. The van der Waals surface area contributed by atoms with Gasteiger partial charge in [0.15, 0.2) is 0 Å². The molecule has 1 aliphatic rings. The zero-order chi connectivity index (χ0) is 15.4. The largest absolute Gasteiger partial charge is 0.341 e. The van der Waals surface area contributed by atoms with Crippen molar-refractivity contribution < 1.29 is 4.79 Å². The number of hydrogen-bond donors (Lipinski definition) is 1. The normalized spacial score (nSPS) is 16.5. The van der Waals surface area contributed by atoms with Gasteiger partial charge in [-0.1, -0.05) is 60.7 Å². The van der Waals surface area contributed by atoms with E-state index >= 15 is 0 Å². The number of halogens is 1. The molecule has 1 atom stereocenters. The number of nitrogens with two attached hydrogens (primary N) is 1. The predicted molar refractivity (Wildman–Crippen MR) is 95.6 cm³/mol. The maximum absolute atomic E-state index is 12.5. The predicted octanol–water partition coefficient (Wildman–Crippen LogP) is 3.51. The third-order valence-corrected chi connectivity index (χ3v) is 4.50. The smallest absolute Gasteiger partial charge is 0.244 e. The molecule has 1 fully saturated rings. The second-order valence-electron chi connectivity index (χ2n) is 5.90. The Labute approximate surface area is 143 Å². The number of likely N-dealkylation sites (tertiary alicyclic amines) is 1. The van der Waals surface area contributed by atoms with Crippen LogP contribution in [0.5, 0.6) is 0 Å². The van der Waals surface area contributed by atoms with E-state index in [0.29, 0.717) is 5.92 Å². The summed E-state index contributed by atoms with van der Waals surface area (Å²) in [6.45, 7) is 1.58. The van der Waals surface area contributed by atoms with Crippen LogP contribution in [0.25, 0.3) is 0 Å². The van der Waals surface area contributed by atoms with Crippen molar-refractivity contribution >= 4 is 18.3 Å². The quantitative estimate of drug-likeness (QED) is 0.936. The van der Waals surface area contributed by atoms with Crippen LogP contribution in [0.2, 0.25) is 0 Å². The standard InChI is InChI=1S/C19H22N2O.ClH/c20-18(17-9-5-2-6-10-17)19(22)21-13-11-16(12-14-21)15-7-3-1-4-8-15;/h1-10,16,18H,11-14,20H2;1H. The van der Waals surface area contributed by atoms with Gasteiger partial charge in [0, 0.05) is 13.1 Å². The number of carbonyl (C=O) groups excluding carboxylic acids is 1. The number of piperidine rings is 1. The molecule has 1 saturated heterocycles. The van der Waals surface area contributed by atoms with Crippen LogP contribution in [-0.2, 0) is 4.79 Å². The van der Waals surface area contributed by atoms with E-state index in [2.05, 4.69) is 24.3 Å². The van der Waals surface area contributed by atoms with Crippen molar-refractivity contribution in [3.8, 4) is 0 Å². The summed E-state index contributed by atoms with van der Waals surface area (Å²) in [5.41, 5.74) is 8.39. The van der Waals surface area contributed by atoms with Gasteiger partial charge in [0.1, 0.15) is 6.04 Å². The van der Waals surface area contributed by atoms with Crippen molar-refractivity contribution in [3.05, 3.63) is 71.8 Å². The fraction of sp³-hybridized carbons (Fsp3) is 0.316. The van der Waals surface area contributed by atoms with Gasteiger partial charge in [-0.3, -0.25) is 4.79 Å². The molecule has 1 amide bonds. The van der Waals surface area contributed by atoms with Gasteiger partial charge in [-0.2, -0.15) is 0 Å². The highest BCUT2D eigenvalue weighted by molar-refractivity contribution is 5.85. The Morgan fingerprint density at radius 1 is 0.957 bits per heavy atom. The van der Waals surface area contributed by atoms with E-state index in [0.717, 1.165) is 31.5 Å². The van der Waals surface area contributed by atoms with E-state index in [1.54, 1.807) is 0 Å². The van der Waals surface area contributed by atoms with Gasteiger partial charge in [-0.15, -0.1) is 12.4 Å². The van der Waals surface area contributed by atoms with Crippen LogP contribution in [0.3, 0.4) is 0 Å². The molecule has 1 unspecified atom stereocenters. The minimum Gasteiger partial charge on any atom is -0.341 e. The zero-order valence-corrected chi connectivity index (χ0v) is 13.9. The van der Waals surface area contributed by atoms with E-state index in [1.165, 1.54) is 5.56 Å². The molecule has 1 heterocycles. The van der Waals surface area contributed by atoms with Crippen LogP contribution >= 0.6 is 12.4 Å². The highest BCUT2D eigenvalue weighted by Gasteiger charge is 2.27. The summed E-state index contributed by atoms with van der Waals surface area (Å²) in [6.07, 6.45) is 2.02. The van der Waals surface area contributed by atoms with Crippen molar-refractivity contribution in [1.82, 2.24) is 4.90 Å². The second-order valence-corrected chi connectivity index (χ2v) is 5.90. The average molecular weight is 331 g/mol. The summed E-state index contributed by atoms with van der Waals surface area (Å²) in [5, 5.41) is 0. The lowest BCUT2D eigenvalue weighted by molar-refractivity contribution is -0.133. The van der Waals surface area contributed by atoms with Gasteiger partial charge in [0.25, 0.3) is 0 Å². The molecule has 2 aromatic rings. The first-order chi connectivity index (χ1) is 10.8. The van der Waals surface area contributed by atoms with Gasteiger partial charge in [0.05, 0.1) is 0 Å². The Hall–Kier alpha value is -1.84. The summed E-state index contributed by atoms with van der Waals surface area (Å²) in [6, 6.07) is 19.6. The van der Waals surface area contributed by atoms with Gasteiger partial charge < -0.3 is 10.6 Å². The molecule has 2 N–H and O–H groups in total. The summed E-state index contributed by atoms with van der Waals surface area (Å²) in [7, 11) is 0. The van der Waals surface area contributed by atoms with E-state index in [9.17, 15) is 4.79 Å². The lowest BCUT2D eigenvalue weighted by Crippen LogP contribution is -2.42. The van der Waals surface area contributed by atoms with E-state index < -0.39 is 6.04 Å². The molecular weight excluding hydrogens is 308 g/mol. The van der Waals surface area contributed by atoms with Crippen LogP contribution in [-0.4, -0.2) is 23.9 Å². The summed E-state index contributed by atoms with van der Waals surface area (Å²) >= 11 is 0. The number of hydrogen-bond acceptors (Lipinski definition) is 2.